The minimum atomic E-state index is -3.77. The molecule has 9 nitrogen and oxygen atoms in total. The molecule has 2 aliphatic rings. The molecule has 1 aromatic carbocycles. The number of ether oxygens (including phenoxy) is 1. The van der Waals surface area contributed by atoms with Crippen LogP contribution in [0.25, 0.3) is 6.08 Å². The molecule has 0 saturated carbocycles. The molecule has 3 heterocycles. The van der Waals surface area contributed by atoms with Crippen LogP contribution in [0.2, 0.25) is 0 Å². The molecule has 2 amide bonds. The number of carbonyl (C=O) groups excluding carboxylic acids is 2. The predicted octanol–water partition coefficient (Wildman–Crippen LogP) is 1.55. The van der Waals surface area contributed by atoms with Gasteiger partial charge in [0.1, 0.15) is 11.5 Å². The van der Waals surface area contributed by atoms with Crippen LogP contribution in [0.5, 0.6) is 5.75 Å². The molecule has 1 saturated heterocycles. The second kappa shape index (κ2) is 7.96. The van der Waals surface area contributed by atoms with E-state index in [1.54, 1.807) is 30.0 Å². The molecule has 2 aromatic rings. The average molecular weight is 431 g/mol. The second-order valence-corrected chi connectivity index (χ2v) is 8.92. The molecule has 2 aliphatic heterocycles. The van der Waals surface area contributed by atoms with E-state index in [0.717, 1.165) is 0 Å². The van der Waals surface area contributed by atoms with Crippen LogP contribution in [-0.4, -0.2) is 61.7 Å². The lowest BCUT2D eigenvalue weighted by Crippen LogP contribution is -2.50. The number of nitrogens with zero attached hydrogens (tertiary/aromatic N) is 2. The van der Waals surface area contributed by atoms with Gasteiger partial charge in [-0.15, -0.1) is 0 Å². The summed E-state index contributed by atoms with van der Waals surface area (Å²) in [6.07, 6.45) is 3.88. The lowest BCUT2D eigenvalue weighted by atomic mass is 10.2. The van der Waals surface area contributed by atoms with E-state index in [1.807, 2.05) is 0 Å². The molecule has 30 heavy (non-hydrogen) atoms. The number of nitrogens with one attached hydrogen (secondary N) is 1. The fourth-order valence-corrected chi connectivity index (χ4v) is 4.74. The highest BCUT2D eigenvalue weighted by Crippen LogP contribution is 2.32. The van der Waals surface area contributed by atoms with Crippen molar-refractivity contribution in [1.82, 2.24) is 9.21 Å². The second-order valence-electron chi connectivity index (χ2n) is 6.99. The Morgan fingerprint density at radius 1 is 1.20 bits per heavy atom. The minimum Gasteiger partial charge on any atom is -0.479 e. The van der Waals surface area contributed by atoms with Gasteiger partial charge in [0.05, 0.1) is 16.8 Å². The molecule has 1 N–H and O–H groups in total. The van der Waals surface area contributed by atoms with Crippen molar-refractivity contribution in [2.45, 2.75) is 17.9 Å². The van der Waals surface area contributed by atoms with Gasteiger partial charge in [-0.3, -0.25) is 9.59 Å². The van der Waals surface area contributed by atoms with Crippen LogP contribution in [-0.2, 0) is 19.6 Å². The van der Waals surface area contributed by atoms with Gasteiger partial charge < -0.3 is 19.4 Å². The molecule has 1 atom stereocenters. The quantitative estimate of drug-likeness (QED) is 0.736. The number of fused-ring (bicyclic) bond motifs is 1. The Bertz CT molecular complexity index is 1090. The minimum absolute atomic E-state index is 0.0668. The molecule has 10 heteroatoms. The summed E-state index contributed by atoms with van der Waals surface area (Å²) < 4.78 is 38.0. The van der Waals surface area contributed by atoms with Crippen LogP contribution in [0.15, 0.2) is 52.0 Å². The number of furan rings is 1. The number of rotatable bonds is 4. The average Bonchev–Trinajstić information content (AvgIpc) is 3.26. The van der Waals surface area contributed by atoms with Crippen molar-refractivity contribution in [2.24, 2.45) is 0 Å². The summed E-state index contributed by atoms with van der Waals surface area (Å²) in [5.41, 5.74) is 0.330. The van der Waals surface area contributed by atoms with E-state index in [9.17, 15) is 18.0 Å². The normalized spacial score (nSPS) is 20.0. The predicted molar refractivity (Wildman–Crippen MR) is 108 cm³/mol. The summed E-state index contributed by atoms with van der Waals surface area (Å²) >= 11 is 0. The van der Waals surface area contributed by atoms with E-state index in [2.05, 4.69) is 5.32 Å². The van der Waals surface area contributed by atoms with Gasteiger partial charge in [-0.1, -0.05) is 0 Å². The summed E-state index contributed by atoms with van der Waals surface area (Å²) in [6, 6.07) is 7.87. The largest absolute Gasteiger partial charge is 0.479 e. The van der Waals surface area contributed by atoms with Crippen LogP contribution in [0.1, 0.15) is 12.7 Å². The number of piperazine rings is 1. The van der Waals surface area contributed by atoms with Gasteiger partial charge in [0.25, 0.3) is 5.91 Å². The van der Waals surface area contributed by atoms with Gasteiger partial charge in [0, 0.05) is 32.3 Å². The molecule has 0 aliphatic carbocycles. The SMILES string of the molecule is C[C@H]1Oc2ccc(S(=O)(=O)N3CCN(C(=O)/C=C/c4ccco4)CC3)cc2NC1=O. The van der Waals surface area contributed by atoms with Crippen molar-refractivity contribution >= 4 is 33.6 Å². The molecular weight excluding hydrogens is 410 g/mol. The zero-order chi connectivity index (χ0) is 21.3. The van der Waals surface area contributed by atoms with Crippen molar-refractivity contribution < 1.29 is 27.2 Å². The van der Waals surface area contributed by atoms with Gasteiger partial charge >= 0.3 is 0 Å². The molecular formula is C20H21N3O6S. The van der Waals surface area contributed by atoms with Crippen LogP contribution in [0, 0.1) is 0 Å². The van der Waals surface area contributed by atoms with Gasteiger partial charge in [-0.2, -0.15) is 4.31 Å². The topological polar surface area (TPSA) is 109 Å². The maximum atomic E-state index is 13.0. The Kier molecular flexibility index (Phi) is 5.35. The number of carbonyl (C=O) groups is 2. The van der Waals surface area contributed by atoms with Gasteiger partial charge in [0.15, 0.2) is 6.10 Å². The van der Waals surface area contributed by atoms with E-state index in [0.29, 0.717) is 17.2 Å². The first-order chi connectivity index (χ1) is 14.3. The van der Waals surface area contributed by atoms with E-state index in [1.165, 1.54) is 34.8 Å². The van der Waals surface area contributed by atoms with E-state index < -0.39 is 16.1 Å². The van der Waals surface area contributed by atoms with Crippen LogP contribution < -0.4 is 10.1 Å². The molecule has 1 fully saturated rings. The first kappa shape index (κ1) is 20.2. The van der Waals surface area contributed by atoms with Crippen molar-refractivity contribution in [3.63, 3.8) is 0 Å². The number of amides is 2. The third kappa shape index (κ3) is 3.96. The zero-order valence-corrected chi connectivity index (χ0v) is 17.1. The monoisotopic (exact) mass is 431 g/mol. The molecule has 0 radical (unpaired) electrons. The first-order valence-corrected chi connectivity index (χ1v) is 10.9. The van der Waals surface area contributed by atoms with Crippen LogP contribution in [0.3, 0.4) is 0 Å². The Labute approximate surface area is 173 Å². The van der Waals surface area contributed by atoms with E-state index >= 15 is 0 Å². The van der Waals surface area contributed by atoms with Crippen molar-refractivity contribution in [2.75, 3.05) is 31.5 Å². The Hall–Kier alpha value is -3.11. The highest BCUT2D eigenvalue weighted by atomic mass is 32.2. The Balaban J connectivity index is 1.42. The van der Waals surface area contributed by atoms with Crippen molar-refractivity contribution in [1.29, 1.82) is 0 Å². The molecule has 1 aromatic heterocycles. The van der Waals surface area contributed by atoms with Crippen LogP contribution >= 0.6 is 0 Å². The molecule has 0 spiro atoms. The summed E-state index contributed by atoms with van der Waals surface area (Å²) in [7, 11) is -3.77. The zero-order valence-electron chi connectivity index (χ0n) is 16.3. The van der Waals surface area contributed by atoms with Crippen LogP contribution in [0.4, 0.5) is 5.69 Å². The molecule has 0 bridgehead atoms. The third-order valence-corrected chi connectivity index (χ3v) is 6.90. The van der Waals surface area contributed by atoms with Gasteiger partial charge in [-0.25, -0.2) is 8.42 Å². The number of hydrogen-bond donors (Lipinski definition) is 1. The summed E-state index contributed by atoms with van der Waals surface area (Å²) in [4.78, 5) is 25.8. The lowest BCUT2D eigenvalue weighted by molar-refractivity contribution is -0.127. The molecule has 4 rings (SSSR count). The maximum absolute atomic E-state index is 13.0. The van der Waals surface area contributed by atoms with Gasteiger partial charge in [-0.05, 0) is 43.3 Å². The Morgan fingerprint density at radius 2 is 1.97 bits per heavy atom. The highest BCUT2D eigenvalue weighted by molar-refractivity contribution is 7.89. The fraction of sp³-hybridized carbons (Fsp3) is 0.300. The summed E-state index contributed by atoms with van der Waals surface area (Å²) in [5, 5.41) is 2.66. The first-order valence-electron chi connectivity index (χ1n) is 9.47. The van der Waals surface area contributed by atoms with E-state index in [4.69, 9.17) is 9.15 Å². The highest BCUT2D eigenvalue weighted by Gasteiger charge is 2.31. The summed E-state index contributed by atoms with van der Waals surface area (Å²) in [5.74, 6) is 0.472. The summed E-state index contributed by atoms with van der Waals surface area (Å²) in [6.45, 7) is 2.54. The number of sulfonamides is 1. The molecule has 158 valence electrons. The number of benzene rings is 1. The maximum Gasteiger partial charge on any atom is 0.265 e. The smallest absolute Gasteiger partial charge is 0.265 e. The third-order valence-electron chi connectivity index (χ3n) is 5.00. The standard InChI is InChI=1S/C20H21N3O6S/c1-14-20(25)21-17-13-16(5-6-18(17)29-14)30(26,27)23-10-8-22(9-11-23)19(24)7-4-15-3-2-12-28-15/h2-7,12-14H,8-11H2,1H3,(H,21,25)/b7-4+/t14-/m1/s1. The number of anilines is 1. The lowest BCUT2D eigenvalue weighted by Gasteiger charge is -2.33. The van der Waals surface area contributed by atoms with Gasteiger partial charge in [0.2, 0.25) is 15.9 Å². The van der Waals surface area contributed by atoms with Crippen molar-refractivity contribution in [3.8, 4) is 5.75 Å². The van der Waals surface area contributed by atoms with Crippen molar-refractivity contribution in [3.05, 3.63) is 48.4 Å². The molecule has 0 unspecified atom stereocenters. The number of hydrogen-bond acceptors (Lipinski definition) is 6. The fourth-order valence-electron chi connectivity index (χ4n) is 3.29. The Morgan fingerprint density at radius 3 is 2.67 bits per heavy atom. The van der Waals surface area contributed by atoms with E-state index in [-0.39, 0.29) is 42.9 Å².